The second kappa shape index (κ2) is 4.50. The van der Waals surface area contributed by atoms with Gasteiger partial charge in [0.05, 0.1) is 12.8 Å². The predicted octanol–water partition coefficient (Wildman–Crippen LogP) is 2.02. The third-order valence-corrected chi connectivity index (χ3v) is 2.39. The van der Waals surface area contributed by atoms with Crippen molar-refractivity contribution in [1.82, 2.24) is 14.4 Å². The van der Waals surface area contributed by atoms with Crippen molar-refractivity contribution >= 4 is 18.0 Å². The maximum atomic E-state index is 5.40. The molecule has 0 aliphatic rings. The summed E-state index contributed by atoms with van der Waals surface area (Å²) in [6.45, 7) is 4.39. The molecule has 2 heterocycles. The van der Waals surface area contributed by atoms with Gasteiger partial charge in [-0.1, -0.05) is 0 Å². The first-order chi connectivity index (χ1) is 7.33. The van der Waals surface area contributed by atoms with Crippen LogP contribution >= 0.6 is 12.3 Å². The summed E-state index contributed by atoms with van der Waals surface area (Å²) in [5, 5.41) is 0. The number of aryl methyl sites for hydroxylation is 1. The summed E-state index contributed by atoms with van der Waals surface area (Å²) in [6, 6.07) is 0. The van der Waals surface area contributed by atoms with Crippen LogP contribution in [-0.4, -0.2) is 21.0 Å². The Balaban J connectivity index is 2.28. The van der Waals surface area contributed by atoms with Gasteiger partial charge in [0.15, 0.2) is 5.65 Å². The zero-order chi connectivity index (χ0) is 10.7. The summed E-state index contributed by atoms with van der Waals surface area (Å²) in [5.41, 5.74) is 1.58. The van der Waals surface area contributed by atoms with E-state index in [4.69, 9.17) is 8.37 Å². The second-order valence-corrected chi connectivity index (χ2v) is 3.40. The van der Waals surface area contributed by atoms with Gasteiger partial charge >= 0.3 is 0 Å². The van der Waals surface area contributed by atoms with Gasteiger partial charge in [-0.3, -0.25) is 13.6 Å². The van der Waals surface area contributed by atoms with Gasteiger partial charge in [0, 0.05) is 12.4 Å². The lowest BCUT2D eigenvalue weighted by atomic mass is 10.5. The van der Waals surface area contributed by atoms with Crippen molar-refractivity contribution in [1.29, 1.82) is 0 Å². The minimum atomic E-state index is 0.599. The van der Waals surface area contributed by atoms with Crippen LogP contribution in [0.4, 0.5) is 0 Å². The van der Waals surface area contributed by atoms with Gasteiger partial charge in [-0.05, 0) is 13.8 Å². The minimum absolute atomic E-state index is 0.599. The molecule has 0 N–H and O–H groups in total. The Kier molecular flexibility index (Phi) is 3.08. The topological polar surface area (TPSA) is 48.7 Å². The first-order valence-corrected chi connectivity index (χ1v) is 5.24. The van der Waals surface area contributed by atoms with E-state index >= 15 is 0 Å². The fourth-order valence-electron chi connectivity index (χ4n) is 1.21. The smallest absolute Gasteiger partial charge is 0.238 e. The molecule has 0 bridgehead atoms. The highest BCUT2D eigenvalue weighted by atomic mass is 32.2. The molecule has 0 amide bonds. The Morgan fingerprint density at radius 3 is 3.20 bits per heavy atom. The molecule has 2 aromatic rings. The van der Waals surface area contributed by atoms with Crippen LogP contribution in [0.1, 0.15) is 12.6 Å². The zero-order valence-electron chi connectivity index (χ0n) is 8.51. The molecular formula is C9H11N3O2S. The number of rotatable bonds is 4. The Hall–Kier alpha value is -1.27. The highest BCUT2D eigenvalue weighted by molar-refractivity contribution is 7.90. The molecular weight excluding hydrogens is 214 g/mol. The van der Waals surface area contributed by atoms with Crippen molar-refractivity contribution in [3.63, 3.8) is 0 Å². The average molecular weight is 225 g/mol. The molecule has 80 valence electrons. The molecule has 15 heavy (non-hydrogen) atoms. The molecule has 2 aromatic heterocycles. The first-order valence-electron chi connectivity index (χ1n) is 4.57. The molecule has 0 fully saturated rings. The Morgan fingerprint density at radius 2 is 2.40 bits per heavy atom. The van der Waals surface area contributed by atoms with Gasteiger partial charge in [-0.2, -0.15) is 0 Å². The maximum Gasteiger partial charge on any atom is 0.238 e. The van der Waals surface area contributed by atoms with Crippen LogP contribution in [-0.2, 0) is 4.18 Å². The van der Waals surface area contributed by atoms with E-state index in [2.05, 4.69) is 9.97 Å². The highest BCUT2D eigenvalue weighted by Crippen LogP contribution is 2.22. The number of imidazole rings is 1. The van der Waals surface area contributed by atoms with Gasteiger partial charge < -0.3 is 4.18 Å². The van der Waals surface area contributed by atoms with E-state index in [9.17, 15) is 0 Å². The van der Waals surface area contributed by atoms with Crippen molar-refractivity contribution in [2.75, 3.05) is 6.61 Å². The van der Waals surface area contributed by atoms with Crippen LogP contribution in [0.2, 0.25) is 0 Å². The lowest BCUT2D eigenvalue weighted by Crippen LogP contribution is -1.91. The van der Waals surface area contributed by atoms with Crippen LogP contribution in [0.15, 0.2) is 18.6 Å². The Bertz CT molecular complexity index is 458. The average Bonchev–Trinajstić information content (AvgIpc) is 2.56. The van der Waals surface area contributed by atoms with Gasteiger partial charge in [-0.25, -0.2) is 4.98 Å². The SMILES string of the molecule is CCOSOc1c(C)nc2cnccn12. The minimum Gasteiger partial charge on any atom is -0.379 e. The van der Waals surface area contributed by atoms with Crippen molar-refractivity contribution in [3.05, 3.63) is 24.3 Å². The number of nitrogens with zero attached hydrogens (tertiary/aromatic N) is 3. The van der Waals surface area contributed by atoms with E-state index in [1.54, 1.807) is 18.6 Å². The van der Waals surface area contributed by atoms with Crippen LogP contribution in [0.3, 0.4) is 0 Å². The van der Waals surface area contributed by atoms with Crippen molar-refractivity contribution in [2.45, 2.75) is 13.8 Å². The van der Waals surface area contributed by atoms with Crippen LogP contribution in [0.25, 0.3) is 5.65 Å². The number of hydrogen-bond donors (Lipinski definition) is 0. The Labute approximate surface area is 91.9 Å². The molecule has 0 saturated heterocycles. The van der Waals surface area contributed by atoms with E-state index in [0.717, 1.165) is 23.7 Å². The number of hydrogen-bond acceptors (Lipinski definition) is 5. The molecule has 2 rings (SSSR count). The Morgan fingerprint density at radius 1 is 1.53 bits per heavy atom. The van der Waals surface area contributed by atoms with E-state index < -0.39 is 0 Å². The number of aromatic nitrogens is 3. The standard InChI is InChI=1S/C9H11N3O2S/c1-3-13-15-14-9-7(2)11-8-6-10-4-5-12(8)9/h4-6H,3H2,1-2H3. The molecule has 0 radical (unpaired) electrons. The second-order valence-electron chi connectivity index (χ2n) is 2.86. The fraction of sp³-hybridized carbons (Fsp3) is 0.333. The molecule has 0 spiro atoms. The predicted molar refractivity (Wildman–Crippen MR) is 57.6 cm³/mol. The van der Waals surface area contributed by atoms with Gasteiger partial charge in [0.25, 0.3) is 0 Å². The van der Waals surface area contributed by atoms with Crippen molar-refractivity contribution < 1.29 is 8.37 Å². The maximum absolute atomic E-state index is 5.40. The molecule has 5 nitrogen and oxygen atoms in total. The monoisotopic (exact) mass is 225 g/mol. The first kappa shape index (κ1) is 10.3. The van der Waals surface area contributed by atoms with Gasteiger partial charge in [0.2, 0.25) is 18.2 Å². The van der Waals surface area contributed by atoms with Crippen LogP contribution in [0.5, 0.6) is 5.88 Å². The third-order valence-electron chi connectivity index (χ3n) is 1.83. The molecule has 0 atom stereocenters. The molecule has 0 aliphatic carbocycles. The van der Waals surface area contributed by atoms with Crippen LogP contribution < -0.4 is 4.18 Å². The van der Waals surface area contributed by atoms with E-state index in [0.29, 0.717) is 12.5 Å². The lowest BCUT2D eigenvalue weighted by Gasteiger charge is -2.02. The van der Waals surface area contributed by atoms with E-state index in [1.165, 1.54) is 0 Å². The fourth-order valence-corrected chi connectivity index (χ4v) is 1.62. The summed E-state index contributed by atoms with van der Waals surface area (Å²) in [7, 11) is 0. The summed E-state index contributed by atoms with van der Waals surface area (Å²) in [6.07, 6.45) is 5.18. The zero-order valence-corrected chi connectivity index (χ0v) is 9.32. The van der Waals surface area contributed by atoms with E-state index in [-0.39, 0.29) is 0 Å². The largest absolute Gasteiger partial charge is 0.379 e. The van der Waals surface area contributed by atoms with Gasteiger partial charge in [-0.15, -0.1) is 0 Å². The number of fused-ring (bicyclic) bond motifs is 1. The molecule has 0 aromatic carbocycles. The summed E-state index contributed by atoms with van der Waals surface area (Å²) in [5.74, 6) is 0.672. The lowest BCUT2D eigenvalue weighted by molar-refractivity contribution is 0.366. The molecule has 0 unspecified atom stereocenters. The summed E-state index contributed by atoms with van der Waals surface area (Å²) >= 11 is 0.959. The van der Waals surface area contributed by atoms with Gasteiger partial charge in [0.1, 0.15) is 5.69 Å². The summed E-state index contributed by atoms with van der Waals surface area (Å²) in [4.78, 5) is 8.29. The molecule has 6 heteroatoms. The van der Waals surface area contributed by atoms with Crippen molar-refractivity contribution in [3.8, 4) is 5.88 Å². The quantitative estimate of drug-likeness (QED) is 0.588. The highest BCUT2D eigenvalue weighted by Gasteiger charge is 2.10. The summed E-state index contributed by atoms with van der Waals surface area (Å²) < 4.78 is 12.3. The normalized spacial score (nSPS) is 10.8. The third kappa shape index (κ3) is 2.05. The van der Waals surface area contributed by atoms with Crippen molar-refractivity contribution in [2.24, 2.45) is 0 Å². The van der Waals surface area contributed by atoms with Crippen LogP contribution in [0, 0.1) is 6.92 Å². The molecule has 0 saturated carbocycles. The molecule has 0 aliphatic heterocycles. The van der Waals surface area contributed by atoms with E-state index in [1.807, 2.05) is 18.2 Å².